The number of ketones is 1. The third-order valence-electron chi connectivity index (χ3n) is 4.26. The van der Waals surface area contributed by atoms with E-state index in [0.29, 0.717) is 23.7 Å². The van der Waals surface area contributed by atoms with E-state index in [9.17, 15) is 4.79 Å². The number of rotatable bonds is 6. The van der Waals surface area contributed by atoms with E-state index in [1.165, 1.54) is 25.9 Å². The fourth-order valence-corrected chi connectivity index (χ4v) is 2.73. The lowest BCUT2D eigenvalue weighted by atomic mass is 9.99. The molecular weight excluding hydrogens is 266 g/mol. The van der Waals surface area contributed by atoms with Crippen LogP contribution in [0.5, 0.6) is 11.5 Å². The molecule has 0 unspecified atom stereocenters. The van der Waals surface area contributed by atoms with Crippen LogP contribution >= 0.6 is 0 Å². The summed E-state index contributed by atoms with van der Waals surface area (Å²) in [6, 6.07) is 5.35. The Morgan fingerprint density at radius 3 is 2.62 bits per heavy atom. The van der Waals surface area contributed by atoms with E-state index in [0.717, 1.165) is 12.5 Å². The zero-order valence-corrected chi connectivity index (χ0v) is 13.3. The number of likely N-dealkylation sites (tertiary alicyclic amines) is 1. The Morgan fingerprint density at radius 1 is 1.29 bits per heavy atom. The molecule has 0 amide bonds. The minimum Gasteiger partial charge on any atom is -0.493 e. The number of nitrogens with one attached hydrogen (secondary N) is 1. The highest BCUT2D eigenvalue weighted by Crippen LogP contribution is 2.28. The summed E-state index contributed by atoms with van der Waals surface area (Å²) in [5.74, 6) is 2.25. The van der Waals surface area contributed by atoms with Gasteiger partial charge in [-0.25, -0.2) is 0 Å². The Labute approximate surface area is 127 Å². The molecule has 4 heteroatoms. The summed E-state index contributed by atoms with van der Waals surface area (Å²) in [5.41, 5.74) is 0.648. The zero-order chi connectivity index (χ0) is 15.2. The molecule has 0 spiro atoms. The van der Waals surface area contributed by atoms with Gasteiger partial charge in [-0.1, -0.05) is 6.92 Å². The Morgan fingerprint density at radius 2 is 2.00 bits per heavy atom. The lowest BCUT2D eigenvalue weighted by Gasteiger charge is -2.27. The first kappa shape index (κ1) is 15.8. The predicted molar refractivity (Wildman–Crippen MR) is 82.5 cm³/mol. The van der Waals surface area contributed by atoms with Gasteiger partial charge in [-0.15, -0.1) is 0 Å². The summed E-state index contributed by atoms with van der Waals surface area (Å²) < 4.78 is 11.1. The summed E-state index contributed by atoms with van der Waals surface area (Å²) >= 11 is 0. The number of methoxy groups -OCH3 is 1. The Hall–Kier alpha value is -1.55. The van der Waals surface area contributed by atoms with E-state index in [-0.39, 0.29) is 5.78 Å². The van der Waals surface area contributed by atoms with Gasteiger partial charge in [0.05, 0.1) is 20.2 Å². The van der Waals surface area contributed by atoms with Gasteiger partial charge in [-0.3, -0.25) is 4.79 Å². The second kappa shape index (κ2) is 7.46. The fraction of sp³-hybridized carbons (Fsp3) is 0.588. The molecule has 0 bridgehead atoms. The van der Waals surface area contributed by atoms with Crippen LogP contribution in [0.3, 0.4) is 0 Å². The van der Waals surface area contributed by atoms with Gasteiger partial charge in [0, 0.05) is 5.56 Å². The van der Waals surface area contributed by atoms with Gasteiger partial charge >= 0.3 is 0 Å². The van der Waals surface area contributed by atoms with E-state index < -0.39 is 0 Å². The molecule has 0 aliphatic carbocycles. The van der Waals surface area contributed by atoms with Crippen molar-refractivity contribution in [2.45, 2.75) is 26.7 Å². The summed E-state index contributed by atoms with van der Waals surface area (Å²) in [4.78, 5) is 13.0. The highest BCUT2D eigenvalue weighted by molar-refractivity contribution is 5.94. The van der Waals surface area contributed by atoms with Crippen molar-refractivity contribution in [1.82, 2.24) is 0 Å². The van der Waals surface area contributed by atoms with Crippen LogP contribution in [0.2, 0.25) is 0 Å². The van der Waals surface area contributed by atoms with Crippen LogP contribution in [0, 0.1) is 5.92 Å². The third-order valence-corrected chi connectivity index (χ3v) is 4.26. The second-order valence-electron chi connectivity index (χ2n) is 5.95. The third kappa shape index (κ3) is 4.46. The van der Waals surface area contributed by atoms with E-state index in [4.69, 9.17) is 9.47 Å². The molecule has 1 N–H and O–H groups in total. The standard InChI is InChI=1S/C17H25NO3/c1-13-6-8-18(9-7-13)10-11-21-16-5-4-15(14(2)19)12-17(16)20-3/h4-5,12-13H,6-11H2,1-3H3/p+1. The van der Waals surface area contributed by atoms with Crippen LogP contribution < -0.4 is 14.4 Å². The summed E-state index contributed by atoms with van der Waals surface area (Å²) in [5, 5.41) is 0. The smallest absolute Gasteiger partial charge is 0.161 e. The van der Waals surface area contributed by atoms with Crippen LogP contribution in [0.1, 0.15) is 37.0 Å². The monoisotopic (exact) mass is 292 g/mol. The van der Waals surface area contributed by atoms with Crippen molar-refractivity contribution < 1.29 is 19.2 Å². The molecule has 1 aliphatic rings. The number of ether oxygens (including phenoxy) is 2. The van der Waals surface area contributed by atoms with E-state index in [2.05, 4.69) is 6.92 Å². The van der Waals surface area contributed by atoms with Crippen LogP contribution in [-0.4, -0.2) is 39.1 Å². The molecule has 1 fully saturated rings. The van der Waals surface area contributed by atoms with E-state index in [1.54, 1.807) is 31.1 Å². The van der Waals surface area contributed by atoms with Crippen molar-refractivity contribution in [1.29, 1.82) is 0 Å². The lowest BCUT2D eigenvalue weighted by Crippen LogP contribution is -3.13. The highest BCUT2D eigenvalue weighted by Gasteiger charge is 2.18. The number of hydrogen-bond donors (Lipinski definition) is 1. The van der Waals surface area contributed by atoms with Gasteiger partial charge in [0.25, 0.3) is 0 Å². The Kier molecular flexibility index (Phi) is 5.62. The van der Waals surface area contributed by atoms with Crippen LogP contribution in [0.25, 0.3) is 0 Å². The molecule has 0 radical (unpaired) electrons. The van der Waals surface area contributed by atoms with Gasteiger partial charge in [-0.2, -0.15) is 0 Å². The van der Waals surface area contributed by atoms with Crippen LogP contribution in [0.15, 0.2) is 18.2 Å². The first-order chi connectivity index (χ1) is 10.1. The number of benzene rings is 1. The summed E-state index contributed by atoms with van der Waals surface area (Å²) in [6.07, 6.45) is 2.62. The van der Waals surface area contributed by atoms with Crippen LogP contribution in [0.4, 0.5) is 0 Å². The van der Waals surface area contributed by atoms with Gasteiger partial charge in [0.1, 0.15) is 13.2 Å². The number of carbonyl (C=O) groups is 1. The van der Waals surface area contributed by atoms with E-state index >= 15 is 0 Å². The minimum absolute atomic E-state index is 0.0340. The van der Waals surface area contributed by atoms with Crippen molar-refractivity contribution in [3.8, 4) is 11.5 Å². The molecule has 0 aromatic heterocycles. The number of hydrogen-bond acceptors (Lipinski definition) is 3. The molecule has 0 atom stereocenters. The average molecular weight is 292 g/mol. The van der Waals surface area contributed by atoms with Crippen molar-refractivity contribution >= 4 is 5.78 Å². The molecule has 1 aliphatic heterocycles. The molecular formula is C17H26NO3+. The fourth-order valence-electron chi connectivity index (χ4n) is 2.73. The molecule has 4 nitrogen and oxygen atoms in total. The maximum absolute atomic E-state index is 11.4. The zero-order valence-electron chi connectivity index (χ0n) is 13.3. The van der Waals surface area contributed by atoms with Crippen molar-refractivity contribution in [3.63, 3.8) is 0 Å². The normalized spacial score (nSPS) is 21.9. The van der Waals surface area contributed by atoms with E-state index in [1.807, 2.05) is 6.07 Å². The van der Waals surface area contributed by atoms with Gasteiger partial charge in [0.2, 0.25) is 0 Å². The summed E-state index contributed by atoms with van der Waals surface area (Å²) in [6.45, 7) is 8.06. The lowest BCUT2D eigenvalue weighted by molar-refractivity contribution is -0.906. The maximum Gasteiger partial charge on any atom is 0.161 e. The number of Topliss-reactive ketones (excluding diaryl/α,β-unsaturated/α-hetero) is 1. The quantitative estimate of drug-likeness (QED) is 0.810. The van der Waals surface area contributed by atoms with Gasteiger partial charge in [-0.05, 0) is 43.9 Å². The molecule has 2 rings (SSSR count). The molecule has 1 saturated heterocycles. The summed E-state index contributed by atoms with van der Waals surface area (Å²) in [7, 11) is 1.60. The average Bonchev–Trinajstić information content (AvgIpc) is 2.49. The van der Waals surface area contributed by atoms with Gasteiger partial charge < -0.3 is 14.4 Å². The number of piperidine rings is 1. The number of carbonyl (C=O) groups excluding carboxylic acids is 1. The molecule has 21 heavy (non-hydrogen) atoms. The second-order valence-corrected chi connectivity index (χ2v) is 5.95. The molecule has 1 heterocycles. The Bertz CT molecular complexity index is 479. The van der Waals surface area contributed by atoms with Crippen molar-refractivity contribution in [3.05, 3.63) is 23.8 Å². The maximum atomic E-state index is 11.4. The first-order valence-electron chi connectivity index (χ1n) is 7.75. The minimum atomic E-state index is 0.0340. The van der Waals surface area contributed by atoms with Gasteiger partial charge in [0.15, 0.2) is 17.3 Å². The predicted octanol–water partition coefficient (Wildman–Crippen LogP) is 1.59. The number of quaternary nitrogens is 1. The first-order valence-corrected chi connectivity index (χ1v) is 7.75. The molecule has 1 aromatic rings. The van der Waals surface area contributed by atoms with Crippen molar-refractivity contribution in [2.24, 2.45) is 5.92 Å². The van der Waals surface area contributed by atoms with Crippen molar-refractivity contribution in [2.75, 3.05) is 33.4 Å². The topological polar surface area (TPSA) is 40.0 Å². The van der Waals surface area contributed by atoms with Crippen LogP contribution in [-0.2, 0) is 0 Å². The highest BCUT2D eigenvalue weighted by atomic mass is 16.5. The molecule has 116 valence electrons. The molecule has 0 saturated carbocycles. The Balaban J connectivity index is 1.86. The SMILES string of the molecule is COc1cc(C(C)=O)ccc1OCC[NH+]1CCC(C)CC1. The largest absolute Gasteiger partial charge is 0.493 e. The molecule has 1 aromatic carbocycles.